The number of carbonyl (C=O) groups excluding carboxylic acids is 1. The molecule has 0 aromatic carbocycles. The number of anilines is 1. The largest absolute Gasteiger partial charge is 0.480 e. The molecule has 1 aliphatic rings. The lowest BCUT2D eigenvalue weighted by Gasteiger charge is -2.09. The fourth-order valence-electron chi connectivity index (χ4n) is 1.94. The third kappa shape index (κ3) is 2.11. The van der Waals surface area contributed by atoms with Gasteiger partial charge in [0.25, 0.3) is 0 Å². The Morgan fingerprint density at radius 3 is 3.00 bits per heavy atom. The van der Waals surface area contributed by atoms with E-state index in [1.807, 2.05) is 0 Å². The van der Waals surface area contributed by atoms with Crippen LogP contribution in [-0.2, 0) is 4.79 Å². The molecular formula is C10H15N3O2. The molecule has 0 saturated heterocycles. The van der Waals surface area contributed by atoms with Gasteiger partial charge < -0.3 is 10.1 Å². The second-order valence-electron chi connectivity index (χ2n) is 3.79. The van der Waals surface area contributed by atoms with Gasteiger partial charge in [-0.15, -0.1) is 0 Å². The molecule has 5 heteroatoms. The number of hydrogen-bond acceptors (Lipinski definition) is 3. The molecule has 1 saturated carbocycles. The number of aromatic nitrogens is 2. The minimum atomic E-state index is 0.0761. The first-order valence-corrected chi connectivity index (χ1v) is 5.19. The van der Waals surface area contributed by atoms with Crippen LogP contribution in [0.25, 0.3) is 0 Å². The average Bonchev–Trinajstić information content (AvgIpc) is 2.87. The van der Waals surface area contributed by atoms with E-state index in [9.17, 15) is 4.79 Å². The Balaban J connectivity index is 1.98. The van der Waals surface area contributed by atoms with Crippen LogP contribution in [0.15, 0.2) is 6.20 Å². The molecule has 2 rings (SSSR count). The predicted molar refractivity (Wildman–Crippen MR) is 55.7 cm³/mol. The molecule has 1 fully saturated rings. The molecule has 15 heavy (non-hydrogen) atoms. The number of hydrogen-bond donors (Lipinski definition) is 2. The van der Waals surface area contributed by atoms with Gasteiger partial charge in [-0.2, -0.15) is 5.10 Å². The normalized spacial score (nSPS) is 16.6. The molecule has 1 amide bonds. The molecule has 0 unspecified atom stereocenters. The second-order valence-corrected chi connectivity index (χ2v) is 3.79. The van der Waals surface area contributed by atoms with Crippen molar-refractivity contribution in [2.45, 2.75) is 25.7 Å². The topological polar surface area (TPSA) is 67.0 Å². The Kier molecular flexibility index (Phi) is 2.89. The summed E-state index contributed by atoms with van der Waals surface area (Å²) in [7, 11) is 1.54. The monoisotopic (exact) mass is 209 g/mol. The summed E-state index contributed by atoms with van der Waals surface area (Å²) in [5.41, 5.74) is 0.620. The highest BCUT2D eigenvalue weighted by atomic mass is 16.5. The fraction of sp³-hybridized carbons (Fsp3) is 0.600. The molecule has 5 nitrogen and oxygen atoms in total. The lowest BCUT2D eigenvalue weighted by atomic mass is 10.1. The van der Waals surface area contributed by atoms with Gasteiger partial charge in [0.1, 0.15) is 5.69 Å². The zero-order chi connectivity index (χ0) is 10.7. The van der Waals surface area contributed by atoms with Gasteiger partial charge in [-0.3, -0.25) is 4.79 Å². The quantitative estimate of drug-likeness (QED) is 0.793. The van der Waals surface area contributed by atoms with E-state index < -0.39 is 0 Å². The summed E-state index contributed by atoms with van der Waals surface area (Å²) in [6.07, 6.45) is 5.85. The summed E-state index contributed by atoms with van der Waals surface area (Å²) in [5.74, 6) is 0.734. The third-order valence-corrected chi connectivity index (χ3v) is 2.79. The maximum absolute atomic E-state index is 11.8. The molecule has 0 atom stereocenters. The maximum atomic E-state index is 11.8. The summed E-state index contributed by atoms with van der Waals surface area (Å²) < 4.78 is 5.02. The van der Waals surface area contributed by atoms with Crippen LogP contribution in [-0.4, -0.2) is 23.2 Å². The molecule has 82 valence electrons. The van der Waals surface area contributed by atoms with Crippen LogP contribution < -0.4 is 10.1 Å². The molecule has 2 N–H and O–H groups in total. The molecule has 1 aromatic rings. The maximum Gasteiger partial charge on any atom is 0.233 e. The fourth-order valence-corrected chi connectivity index (χ4v) is 1.94. The minimum Gasteiger partial charge on any atom is -0.480 e. The van der Waals surface area contributed by atoms with Crippen LogP contribution >= 0.6 is 0 Å². The molecule has 1 aromatic heterocycles. The first kappa shape index (κ1) is 10.0. The van der Waals surface area contributed by atoms with Gasteiger partial charge in [0.15, 0.2) is 0 Å². The number of methoxy groups -OCH3 is 1. The summed E-state index contributed by atoms with van der Waals surface area (Å²) in [5, 5.41) is 9.30. The van der Waals surface area contributed by atoms with Gasteiger partial charge in [-0.1, -0.05) is 12.8 Å². The summed E-state index contributed by atoms with van der Waals surface area (Å²) in [6.45, 7) is 0. The van der Waals surface area contributed by atoms with E-state index in [1.165, 1.54) is 0 Å². The van der Waals surface area contributed by atoms with E-state index in [4.69, 9.17) is 4.74 Å². The standard InChI is InChI=1S/C10H15N3O2/c1-15-10-8(6-11-13-10)12-9(14)7-4-2-3-5-7/h6-7H,2-5H2,1H3,(H,11,13)(H,12,14). The summed E-state index contributed by atoms with van der Waals surface area (Å²) >= 11 is 0. The van der Waals surface area contributed by atoms with Gasteiger partial charge >= 0.3 is 0 Å². The zero-order valence-electron chi connectivity index (χ0n) is 8.75. The Morgan fingerprint density at radius 2 is 2.33 bits per heavy atom. The van der Waals surface area contributed by atoms with Crippen molar-refractivity contribution in [1.82, 2.24) is 10.2 Å². The zero-order valence-corrected chi connectivity index (χ0v) is 8.75. The van der Waals surface area contributed by atoms with Crippen molar-refractivity contribution >= 4 is 11.6 Å². The van der Waals surface area contributed by atoms with Crippen molar-refractivity contribution in [3.05, 3.63) is 6.20 Å². The number of H-pyrrole nitrogens is 1. The molecule has 0 radical (unpaired) electrons. The first-order chi connectivity index (χ1) is 7.31. The number of nitrogens with zero attached hydrogens (tertiary/aromatic N) is 1. The lowest BCUT2D eigenvalue weighted by Crippen LogP contribution is -2.20. The number of amides is 1. The SMILES string of the molecule is COc1[nH]ncc1NC(=O)C1CCCC1. The Hall–Kier alpha value is -1.52. The van der Waals surface area contributed by atoms with Crippen LogP contribution in [0.3, 0.4) is 0 Å². The molecule has 1 aliphatic carbocycles. The molecule has 0 bridgehead atoms. The smallest absolute Gasteiger partial charge is 0.233 e. The average molecular weight is 209 g/mol. The molecule has 0 spiro atoms. The van der Waals surface area contributed by atoms with E-state index in [2.05, 4.69) is 15.5 Å². The molecule has 0 aliphatic heterocycles. The predicted octanol–water partition coefficient (Wildman–Crippen LogP) is 1.55. The highest BCUT2D eigenvalue weighted by Gasteiger charge is 2.23. The van der Waals surface area contributed by atoms with Crippen LogP contribution in [0.1, 0.15) is 25.7 Å². The summed E-state index contributed by atoms with van der Waals surface area (Å²) in [6, 6.07) is 0. The Morgan fingerprint density at radius 1 is 1.60 bits per heavy atom. The number of carbonyl (C=O) groups is 1. The van der Waals surface area contributed by atoms with Gasteiger partial charge in [-0.05, 0) is 12.8 Å². The highest BCUT2D eigenvalue weighted by Crippen LogP contribution is 2.27. The van der Waals surface area contributed by atoms with Crippen molar-refractivity contribution in [3.63, 3.8) is 0 Å². The van der Waals surface area contributed by atoms with Crippen molar-refractivity contribution in [1.29, 1.82) is 0 Å². The van der Waals surface area contributed by atoms with Crippen molar-refractivity contribution < 1.29 is 9.53 Å². The van der Waals surface area contributed by atoms with Crippen LogP contribution in [0.2, 0.25) is 0 Å². The van der Waals surface area contributed by atoms with Crippen LogP contribution in [0.5, 0.6) is 5.88 Å². The van der Waals surface area contributed by atoms with E-state index >= 15 is 0 Å². The van der Waals surface area contributed by atoms with Gasteiger partial charge in [-0.25, -0.2) is 5.10 Å². The number of rotatable bonds is 3. The lowest BCUT2D eigenvalue weighted by molar-refractivity contribution is -0.119. The second kappa shape index (κ2) is 4.33. The number of nitrogens with one attached hydrogen (secondary N) is 2. The van der Waals surface area contributed by atoms with Gasteiger partial charge in [0.05, 0.1) is 13.3 Å². The molecular weight excluding hydrogens is 194 g/mol. The number of aromatic amines is 1. The van der Waals surface area contributed by atoms with E-state index in [-0.39, 0.29) is 11.8 Å². The van der Waals surface area contributed by atoms with Crippen molar-refractivity contribution in [2.75, 3.05) is 12.4 Å². The van der Waals surface area contributed by atoms with Crippen LogP contribution in [0, 0.1) is 5.92 Å². The van der Waals surface area contributed by atoms with Gasteiger partial charge in [0.2, 0.25) is 11.8 Å². The van der Waals surface area contributed by atoms with Crippen molar-refractivity contribution in [2.24, 2.45) is 5.92 Å². The Labute approximate surface area is 88.2 Å². The molecule has 1 heterocycles. The minimum absolute atomic E-state index is 0.0761. The van der Waals surface area contributed by atoms with Crippen LogP contribution in [0.4, 0.5) is 5.69 Å². The Bertz CT molecular complexity index is 342. The van der Waals surface area contributed by atoms with Gasteiger partial charge in [0, 0.05) is 5.92 Å². The van der Waals surface area contributed by atoms with E-state index in [0.29, 0.717) is 11.6 Å². The summed E-state index contributed by atoms with van der Waals surface area (Å²) in [4.78, 5) is 11.8. The van der Waals surface area contributed by atoms with Crippen molar-refractivity contribution in [3.8, 4) is 5.88 Å². The third-order valence-electron chi connectivity index (χ3n) is 2.79. The number of ether oxygens (including phenoxy) is 1. The highest BCUT2D eigenvalue weighted by molar-refractivity contribution is 5.93. The first-order valence-electron chi connectivity index (χ1n) is 5.19. The van der Waals surface area contributed by atoms with E-state index in [0.717, 1.165) is 25.7 Å². The van der Waals surface area contributed by atoms with E-state index in [1.54, 1.807) is 13.3 Å².